The first-order valence-electron chi connectivity index (χ1n) is 6.23. The summed E-state index contributed by atoms with van der Waals surface area (Å²) < 4.78 is 0. The van der Waals surface area contributed by atoms with E-state index in [1.807, 2.05) is 0 Å². The molecular weight excluding hydrogens is 205 g/mol. The number of hydrogen-bond donors (Lipinski definition) is 0. The van der Waals surface area contributed by atoms with Gasteiger partial charge in [-0.05, 0) is 25.2 Å². The molecule has 1 aromatic rings. The van der Waals surface area contributed by atoms with E-state index >= 15 is 0 Å². The third kappa shape index (κ3) is 3.16. The Labute approximate surface area is 115 Å². The van der Waals surface area contributed by atoms with E-state index in [9.17, 15) is 0 Å². The minimum atomic E-state index is -0.253. The molecule has 0 aliphatic carbocycles. The molecule has 0 unspecified atom stereocenters. The largest absolute Gasteiger partial charge is 1.00 e. The number of rotatable bonds is 4. The van der Waals surface area contributed by atoms with Crippen molar-refractivity contribution in [2.75, 3.05) is 0 Å². The fourth-order valence-electron chi connectivity index (χ4n) is 2.47. The third-order valence-electron chi connectivity index (χ3n) is 4.37. The average Bonchev–Trinajstić information content (AvgIpc) is 2.26. The van der Waals surface area contributed by atoms with Gasteiger partial charge >= 0.3 is 18.9 Å². The molecule has 1 aromatic heterocycles. The predicted octanol–water partition coefficient (Wildman–Crippen LogP) is 1.60. The van der Waals surface area contributed by atoms with Crippen LogP contribution in [0.4, 0.5) is 0 Å². The predicted molar refractivity (Wildman–Crippen MR) is 75.3 cm³/mol. The summed E-state index contributed by atoms with van der Waals surface area (Å²) in [6.45, 7) is 11.5. The monoisotopic (exact) mass is 228 g/mol. The minimum Gasteiger partial charge on any atom is -0.182 e. The Balaban J connectivity index is 0.00000225. The van der Waals surface area contributed by atoms with Crippen LogP contribution in [0.1, 0.15) is 31.9 Å². The van der Waals surface area contributed by atoms with Crippen LogP contribution in [0.15, 0.2) is 11.9 Å². The molecule has 0 aliphatic rings. The van der Waals surface area contributed by atoms with Crippen LogP contribution in [0.25, 0.3) is 0 Å². The van der Waals surface area contributed by atoms with Crippen LogP contribution < -0.4 is 24.1 Å². The van der Waals surface area contributed by atoms with Crippen molar-refractivity contribution in [2.24, 2.45) is 0 Å². The molecule has 84 valence electrons. The Kier molecular flexibility index (Phi) is 7.04. The molecule has 0 saturated carbocycles. The van der Waals surface area contributed by atoms with Gasteiger partial charge in [0.2, 0.25) is 0 Å². The summed E-state index contributed by atoms with van der Waals surface area (Å²) in [4.78, 5) is 0. The molecule has 0 N–H and O–H groups in total. The van der Waals surface area contributed by atoms with Crippen molar-refractivity contribution >= 4 is 19.5 Å². The van der Waals surface area contributed by atoms with Crippen LogP contribution in [0.3, 0.4) is 0 Å². The van der Waals surface area contributed by atoms with Crippen molar-refractivity contribution in [3.8, 4) is 0 Å². The van der Waals surface area contributed by atoms with Gasteiger partial charge in [0, 0.05) is 6.15 Å². The van der Waals surface area contributed by atoms with Gasteiger partial charge in [0.05, 0.1) is 0 Å². The van der Waals surface area contributed by atoms with Gasteiger partial charge in [0.15, 0.2) is 0 Å². The molecule has 16 heavy (non-hydrogen) atoms. The van der Waals surface area contributed by atoms with E-state index in [2.05, 4.69) is 46.5 Å². The van der Waals surface area contributed by atoms with Crippen molar-refractivity contribution in [2.45, 2.75) is 53.6 Å². The van der Waals surface area contributed by atoms with Crippen molar-refractivity contribution in [1.82, 2.24) is 0 Å². The summed E-state index contributed by atoms with van der Waals surface area (Å²) in [5, 5.41) is 1.69. The second kappa shape index (κ2) is 6.91. The van der Waals surface area contributed by atoms with Crippen LogP contribution >= 0.6 is 8.19 Å². The minimum absolute atomic E-state index is 0. The van der Waals surface area contributed by atoms with Gasteiger partial charge in [-0.25, -0.2) is 0 Å². The van der Waals surface area contributed by atoms with E-state index in [0.717, 1.165) is 0 Å². The van der Waals surface area contributed by atoms with Crippen molar-refractivity contribution < 1.29 is 18.9 Å². The topological polar surface area (TPSA) is 0 Å². The van der Waals surface area contributed by atoms with E-state index < -0.39 is 0 Å². The fourth-order valence-corrected chi connectivity index (χ4v) is 4.15. The Morgan fingerprint density at radius 3 is 1.88 bits per heavy atom. The van der Waals surface area contributed by atoms with Crippen molar-refractivity contribution in [1.29, 1.82) is 0 Å². The van der Waals surface area contributed by atoms with E-state index in [1.165, 1.54) is 38.3 Å². The molecule has 0 aromatic carbocycles. The molecule has 0 saturated heterocycles. The summed E-state index contributed by atoms with van der Waals surface area (Å²) in [5.41, 5.74) is 2.92. The SMILES string of the molecule is CC[B-](CC)(CC)c1cc(C)c(C)cp1.[Li+]. The summed E-state index contributed by atoms with van der Waals surface area (Å²) in [5.74, 6) is 2.38. The van der Waals surface area contributed by atoms with E-state index in [0.29, 0.717) is 0 Å². The molecular formula is C13H23BLiP. The van der Waals surface area contributed by atoms with Gasteiger partial charge in [-0.2, -0.15) is 24.2 Å². The zero-order chi connectivity index (χ0) is 11.5. The van der Waals surface area contributed by atoms with Gasteiger partial charge in [-0.15, -0.1) is 8.19 Å². The van der Waals surface area contributed by atoms with Gasteiger partial charge in [0.1, 0.15) is 0 Å². The summed E-state index contributed by atoms with van der Waals surface area (Å²) in [6.07, 6.45) is 3.72. The van der Waals surface area contributed by atoms with Gasteiger partial charge < -0.3 is 0 Å². The molecule has 1 heterocycles. The van der Waals surface area contributed by atoms with Crippen LogP contribution in [-0.2, 0) is 0 Å². The van der Waals surface area contributed by atoms with E-state index in [1.54, 1.807) is 5.19 Å². The maximum atomic E-state index is 2.45. The second-order valence-corrected chi connectivity index (χ2v) is 5.93. The average molecular weight is 228 g/mol. The van der Waals surface area contributed by atoms with E-state index in [4.69, 9.17) is 0 Å². The van der Waals surface area contributed by atoms with Crippen LogP contribution in [0.2, 0.25) is 19.0 Å². The number of aryl methyl sites for hydroxylation is 2. The van der Waals surface area contributed by atoms with Crippen molar-refractivity contribution in [3.63, 3.8) is 0 Å². The zero-order valence-electron chi connectivity index (χ0n) is 11.8. The van der Waals surface area contributed by atoms with Gasteiger partial charge in [0.25, 0.3) is 0 Å². The first-order chi connectivity index (χ1) is 7.09. The second-order valence-electron chi connectivity index (χ2n) is 4.90. The van der Waals surface area contributed by atoms with E-state index in [-0.39, 0.29) is 25.0 Å². The fraction of sp³-hybridized carbons (Fsp3) is 0.615. The zero-order valence-corrected chi connectivity index (χ0v) is 12.7. The maximum Gasteiger partial charge on any atom is 1.00 e. The Morgan fingerprint density at radius 1 is 1.00 bits per heavy atom. The molecule has 0 amide bonds. The molecule has 0 atom stereocenters. The summed E-state index contributed by atoms with van der Waals surface area (Å²) >= 11 is 0. The molecule has 0 radical (unpaired) electrons. The third-order valence-corrected chi connectivity index (χ3v) is 5.86. The normalized spacial score (nSPS) is 11.6. The van der Waals surface area contributed by atoms with Crippen LogP contribution in [0, 0.1) is 13.8 Å². The first kappa shape index (κ1) is 16.3. The molecule has 3 heteroatoms. The molecule has 0 aliphatic heterocycles. The summed E-state index contributed by atoms with van der Waals surface area (Å²) in [6, 6.07) is 2.45. The quantitative estimate of drug-likeness (QED) is 0.686. The smallest absolute Gasteiger partial charge is 0.182 e. The molecule has 1 rings (SSSR count). The number of hydrogen-bond acceptors (Lipinski definition) is 0. The molecule has 0 fully saturated rings. The summed E-state index contributed by atoms with van der Waals surface area (Å²) in [7, 11) is 1.45. The van der Waals surface area contributed by atoms with Crippen LogP contribution in [-0.4, -0.2) is 6.15 Å². The van der Waals surface area contributed by atoms with Crippen molar-refractivity contribution in [3.05, 3.63) is 23.0 Å². The standard InChI is InChI=1S/C13H23BP.Li/c1-6-14(7-2,8-3)13-9-11(4)12(5)10-15-13;/h9-10H,6-8H2,1-5H3;/q-1;+1. The molecule has 0 bridgehead atoms. The maximum absolute atomic E-state index is 2.45. The first-order valence-corrected chi connectivity index (χ1v) is 7.20. The Hall–Kier alpha value is 0.312. The Morgan fingerprint density at radius 2 is 1.50 bits per heavy atom. The van der Waals surface area contributed by atoms with Gasteiger partial charge in [-0.3, -0.25) is 0 Å². The van der Waals surface area contributed by atoms with Crippen LogP contribution in [0.5, 0.6) is 0 Å². The molecule has 0 spiro atoms. The Bertz CT molecular complexity index is 326. The van der Waals surface area contributed by atoms with Gasteiger partial charge in [-0.1, -0.05) is 32.4 Å². The molecule has 0 nitrogen and oxygen atoms in total.